The molecular weight excluding hydrogens is 308 g/mol. The molecule has 0 amide bonds. The van der Waals surface area contributed by atoms with Crippen molar-refractivity contribution in [1.29, 1.82) is 0 Å². The number of hydrogen-bond donors (Lipinski definition) is 2. The van der Waals surface area contributed by atoms with Crippen molar-refractivity contribution in [1.82, 2.24) is 4.98 Å². The van der Waals surface area contributed by atoms with Gasteiger partial charge in [-0.3, -0.25) is 0 Å². The Balaban J connectivity index is 1.68. The minimum absolute atomic E-state index is 0.304. The van der Waals surface area contributed by atoms with Crippen molar-refractivity contribution in [3.8, 4) is 5.75 Å². The second-order valence-corrected chi connectivity index (χ2v) is 6.46. The number of aromatic amines is 1. The Bertz CT molecular complexity index is 838. The normalized spacial score (nSPS) is 17.0. The second-order valence-electron chi connectivity index (χ2n) is 6.02. The molecule has 2 aromatic carbocycles. The van der Waals surface area contributed by atoms with Crippen molar-refractivity contribution in [2.75, 3.05) is 12.4 Å². The number of fused-ring (bicyclic) bond motifs is 3. The molecule has 118 valence electrons. The number of aryl methyl sites for hydroxylation is 1. The number of benzene rings is 2. The Hall–Kier alpha value is -2.13. The maximum Gasteiger partial charge on any atom is 0.119 e. The average Bonchev–Trinajstić information content (AvgIpc) is 2.95. The summed E-state index contributed by atoms with van der Waals surface area (Å²) in [5.74, 6) is 0.875. The van der Waals surface area contributed by atoms with Gasteiger partial charge in [-0.25, -0.2) is 0 Å². The van der Waals surface area contributed by atoms with Gasteiger partial charge in [-0.2, -0.15) is 0 Å². The number of aromatic nitrogens is 1. The fourth-order valence-electron chi connectivity index (χ4n) is 3.47. The molecule has 1 aromatic heterocycles. The van der Waals surface area contributed by atoms with Gasteiger partial charge < -0.3 is 15.0 Å². The van der Waals surface area contributed by atoms with E-state index in [2.05, 4.69) is 34.6 Å². The van der Waals surface area contributed by atoms with Crippen LogP contribution >= 0.6 is 11.6 Å². The van der Waals surface area contributed by atoms with Gasteiger partial charge in [0.05, 0.1) is 13.2 Å². The topological polar surface area (TPSA) is 37.0 Å². The van der Waals surface area contributed by atoms with E-state index in [9.17, 15) is 0 Å². The third kappa shape index (κ3) is 2.66. The summed E-state index contributed by atoms with van der Waals surface area (Å²) in [6, 6.07) is 14.5. The predicted octanol–water partition coefficient (Wildman–Crippen LogP) is 5.32. The van der Waals surface area contributed by atoms with E-state index < -0.39 is 0 Å². The number of halogens is 1. The van der Waals surface area contributed by atoms with Crippen molar-refractivity contribution < 1.29 is 4.74 Å². The first-order valence-corrected chi connectivity index (χ1v) is 8.33. The fourth-order valence-corrected chi connectivity index (χ4v) is 3.64. The van der Waals surface area contributed by atoms with Crippen LogP contribution in [0, 0.1) is 0 Å². The van der Waals surface area contributed by atoms with Gasteiger partial charge in [-0.15, -0.1) is 0 Å². The Kier molecular flexibility index (Phi) is 3.66. The summed E-state index contributed by atoms with van der Waals surface area (Å²) in [7, 11) is 1.69. The maximum atomic E-state index is 6.17. The molecule has 1 aliphatic carbocycles. The third-order valence-corrected chi connectivity index (χ3v) is 4.84. The maximum absolute atomic E-state index is 6.17. The van der Waals surface area contributed by atoms with Gasteiger partial charge in [0.25, 0.3) is 0 Å². The van der Waals surface area contributed by atoms with E-state index in [0.717, 1.165) is 29.3 Å². The highest BCUT2D eigenvalue weighted by molar-refractivity contribution is 6.31. The predicted molar refractivity (Wildman–Crippen MR) is 95.6 cm³/mol. The number of anilines is 1. The van der Waals surface area contributed by atoms with Crippen molar-refractivity contribution in [3.05, 3.63) is 58.7 Å². The minimum Gasteiger partial charge on any atom is -0.497 e. The van der Waals surface area contributed by atoms with E-state index in [1.807, 2.05) is 18.2 Å². The molecule has 4 rings (SSSR count). The Labute approximate surface area is 140 Å². The summed E-state index contributed by atoms with van der Waals surface area (Å²) in [6.07, 6.45) is 3.41. The van der Waals surface area contributed by atoms with Crippen LogP contribution < -0.4 is 10.1 Å². The van der Waals surface area contributed by atoms with Crippen LogP contribution in [0.3, 0.4) is 0 Å². The molecule has 0 saturated heterocycles. The summed E-state index contributed by atoms with van der Waals surface area (Å²) in [5, 5.41) is 5.70. The standard InChI is InChI=1S/C19H19ClN2O/c1-23-14-8-6-13(7-9-14)21-18-4-2-3-15-16-11-12(20)5-10-17(16)22-19(15)18/h5-11,18,21-22H,2-4H2,1H3/t18-/m0/s1. The Morgan fingerprint density at radius 1 is 1.17 bits per heavy atom. The molecule has 0 aliphatic heterocycles. The molecule has 1 aliphatic rings. The van der Waals surface area contributed by atoms with E-state index >= 15 is 0 Å². The molecule has 3 aromatic rings. The zero-order valence-electron chi connectivity index (χ0n) is 13.0. The first-order chi connectivity index (χ1) is 11.2. The third-order valence-electron chi connectivity index (χ3n) is 4.60. The van der Waals surface area contributed by atoms with E-state index in [-0.39, 0.29) is 0 Å². The van der Waals surface area contributed by atoms with Crippen molar-refractivity contribution >= 4 is 28.2 Å². The summed E-state index contributed by atoms with van der Waals surface area (Å²) in [4.78, 5) is 3.59. The molecule has 0 saturated carbocycles. The minimum atomic E-state index is 0.304. The van der Waals surface area contributed by atoms with Crippen LogP contribution in [-0.2, 0) is 6.42 Å². The molecule has 0 fully saturated rings. The average molecular weight is 327 g/mol. The van der Waals surface area contributed by atoms with E-state index in [1.54, 1.807) is 7.11 Å². The molecule has 2 N–H and O–H groups in total. The first kappa shape index (κ1) is 14.5. The second kappa shape index (κ2) is 5.82. The number of methoxy groups -OCH3 is 1. The molecule has 4 heteroatoms. The molecule has 23 heavy (non-hydrogen) atoms. The highest BCUT2D eigenvalue weighted by Crippen LogP contribution is 2.37. The summed E-state index contributed by atoms with van der Waals surface area (Å²) in [5.41, 5.74) is 4.98. The van der Waals surface area contributed by atoms with Crippen molar-refractivity contribution in [2.24, 2.45) is 0 Å². The molecule has 1 atom stereocenters. The van der Waals surface area contributed by atoms with Crippen LogP contribution in [0.1, 0.15) is 30.1 Å². The molecule has 0 spiro atoms. The highest BCUT2D eigenvalue weighted by Gasteiger charge is 2.24. The van der Waals surface area contributed by atoms with Crippen molar-refractivity contribution in [2.45, 2.75) is 25.3 Å². The molecular formula is C19H19ClN2O. The molecule has 1 heterocycles. The zero-order valence-corrected chi connectivity index (χ0v) is 13.8. The van der Waals surface area contributed by atoms with Gasteiger partial charge in [-0.05, 0) is 67.3 Å². The molecule has 3 nitrogen and oxygen atoms in total. The molecule has 0 unspecified atom stereocenters. The number of rotatable bonds is 3. The number of nitrogens with one attached hydrogen (secondary N) is 2. The largest absolute Gasteiger partial charge is 0.497 e. The van der Waals surface area contributed by atoms with Gasteiger partial charge in [-0.1, -0.05) is 11.6 Å². The van der Waals surface area contributed by atoms with Crippen LogP contribution in [-0.4, -0.2) is 12.1 Å². The highest BCUT2D eigenvalue weighted by atomic mass is 35.5. The van der Waals surface area contributed by atoms with Gasteiger partial charge in [0.2, 0.25) is 0 Å². The van der Waals surface area contributed by atoms with E-state index in [1.165, 1.54) is 28.6 Å². The number of H-pyrrole nitrogens is 1. The smallest absolute Gasteiger partial charge is 0.119 e. The monoisotopic (exact) mass is 326 g/mol. The SMILES string of the molecule is COc1ccc(N[C@H]2CCCc3c2[nH]c2ccc(Cl)cc32)cc1. The summed E-state index contributed by atoms with van der Waals surface area (Å²) in [6.45, 7) is 0. The number of hydrogen-bond acceptors (Lipinski definition) is 2. The first-order valence-electron chi connectivity index (χ1n) is 7.95. The quantitative estimate of drug-likeness (QED) is 0.683. The zero-order chi connectivity index (χ0) is 15.8. The van der Waals surface area contributed by atoms with Crippen LogP contribution in [0.25, 0.3) is 10.9 Å². The fraction of sp³-hybridized carbons (Fsp3) is 0.263. The van der Waals surface area contributed by atoms with Crippen LogP contribution in [0.4, 0.5) is 5.69 Å². The Morgan fingerprint density at radius 3 is 2.78 bits per heavy atom. The van der Waals surface area contributed by atoms with E-state index in [0.29, 0.717) is 6.04 Å². The van der Waals surface area contributed by atoms with E-state index in [4.69, 9.17) is 16.3 Å². The number of ether oxygens (including phenoxy) is 1. The van der Waals surface area contributed by atoms with Crippen LogP contribution in [0.5, 0.6) is 5.75 Å². The summed E-state index contributed by atoms with van der Waals surface area (Å²) < 4.78 is 5.22. The van der Waals surface area contributed by atoms with Gasteiger partial charge in [0.1, 0.15) is 5.75 Å². The lowest BCUT2D eigenvalue weighted by Crippen LogP contribution is -2.17. The lowest BCUT2D eigenvalue weighted by atomic mass is 9.91. The van der Waals surface area contributed by atoms with Gasteiger partial charge in [0, 0.05) is 27.3 Å². The lowest BCUT2D eigenvalue weighted by molar-refractivity contribution is 0.415. The van der Waals surface area contributed by atoms with Crippen LogP contribution in [0.2, 0.25) is 5.02 Å². The summed E-state index contributed by atoms with van der Waals surface area (Å²) >= 11 is 6.17. The molecule has 0 bridgehead atoms. The van der Waals surface area contributed by atoms with Crippen molar-refractivity contribution in [3.63, 3.8) is 0 Å². The van der Waals surface area contributed by atoms with Crippen LogP contribution in [0.15, 0.2) is 42.5 Å². The van der Waals surface area contributed by atoms with Gasteiger partial charge >= 0.3 is 0 Å². The lowest BCUT2D eigenvalue weighted by Gasteiger charge is -2.25. The molecule has 0 radical (unpaired) electrons. The Morgan fingerprint density at radius 2 is 2.00 bits per heavy atom. The van der Waals surface area contributed by atoms with Gasteiger partial charge in [0.15, 0.2) is 0 Å².